The lowest BCUT2D eigenvalue weighted by atomic mass is 9.86. The molecular weight excluding hydrogens is 412 g/mol. The van der Waals surface area contributed by atoms with Crippen LogP contribution in [0.5, 0.6) is 0 Å². The largest absolute Gasteiger partial charge is 0.458 e. The van der Waals surface area contributed by atoms with E-state index in [9.17, 15) is 19.8 Å². The molecular formula is C23H20N4O5. The highest BCUT2D eigenvalue weighted by Gasteiger charge is 2.45. The number of aliphatic hydroxyl groups is 2. The van der Waals surface area contributed by atoms with Gasteiger partial charge in [0.05, 0.1) is 58.7 Å². The van der Waals surface area contributed by atoms with Crippen molar-refractivity contribution in [3.63, 3.8) is 0 Å². The first-order valence-electron chi connectivity index (χ1n) is 10.5. The van der Waals surface area contributed by atoms with Gasteiger partial charge in [0, 0.05) is 17.7 Å². The van der Waals surface area contributed by atoms with Crippen LogP contribution < -0.4 is 10.5 Å². The summed E-state index contributed by atoms with van der Waals surface area (Å²) in [6.07, 6.45) is 1.78. The molecule has 2 N–H and O–H groups in total. The van der Waals surface area contributed by atoms with Crippen LogP contribution in [0.15, 0.2) is 34.1 Å². The minimum Gasteiger partial charge on any atom is -0.458 e. The van der Waals surface area contributed by atoms with Crippen LogP contribution >= 0.6 is 0 Å². The van der Waals surface area contributed by atoms with Crippen molar-refractivity contribution in [2.45, 2.75) is 32.1 Å². The van der Waals surface area contributed by atoms with Crippen molar-refractivity contribution in [3.8, 4) is 11.4 Å². The average Bonchev–Trinajstić information content (AvgIpc) is 3.17. The van der Waals surface area contributed by atoms with Gasteiger partial charge in [-0.25, -0.2) is 14.8 Å². The van der Waals surface area contributed by atoms with Crippen molar-refractivity contribution in [1.82, 2.24) is 9.55 Å². The number of carbonyl (C=O) groups is 1. The number of benzene rings is 1. The number of pyridine rings is 2. The Balaban J connectivity index is 1.67. The van der Waals surface area contributed by atoms with Crippen molar-refractivity contribution in [2.75, 3.05) is 18.1 Å². The Bertz CT molecular complexity index is 1430. The van der Waals surface area contributed by atoms with Gasteiger partial charge in [0.25, 0.3) is 5.56 Å². The summed E-state index contributed by atoms with van der Waals surface area (Å²) < 4.78 is 6.75. The maximum atomic E-state index is 13.4. The van der Waals surface area contributed by atoms with Crippen molar-refractivity contribution < 1.29 is 19.7 Å². The molecule has 0 unspecified atom stereocenters. The fourth-order valence-corrected chi connectivity index (χ4v) is 4.98. The van der Waals surface area contributed by atoms with Gasteiger partial charge in [-0.05, 0) is 24.6 Å². The van der Waals surface area contributed by atoms with Crippen molar-refractivity contribution in [3.05, 3.63) is 51.3 Å². The minimum atomic E-state index is -1.86. The molecule has 0 spiro atoms. The molecule has 9 nitrogen and oxygen atoms in total. The summed E-state index contributed by atoms with van der Waals surface area (Å²) in [5.74, 6) is -0.744. The van der Waals surface area contributed by atoms with Crippen LogP contribution in [0, 0.1) is 0 Å². The van der Waals surface area contributed by atoms with Gasteiger partial charge >= 0.3 is 5.97 Å². The Labute approximate surface area is 182 Å². The summed E-state index contributed by atoms with van der Waals surface area (Å²) in [6.45, 7) is 2.10. The van der Waals surface area contributed by atoms with Crippen LogP contribution in [0.25, 0.3) is 22.3 Å². The summed E-state index contributed by atoms with van der Waals surface area (Å²) in [4.78, 5) is 37.0. The number of carbonyl (C=O) groups excluding carboxylic acids is 1. The van der Waals surface area contributed by atoms with E-state index in [4.69, 9.17) is 9.72 Å². The van der Waals surface area contributed by atoms with E-state index in [-0.39, 0.29) is 37.3 Å². The summed E-state index contributed by atoms with van der Waals surface area (Å²) >= 11 is 0. The number of rotatable bonds is 3. The number of aliphatic imine (C=N–C) groups is 1. The molecule has 5 heterocycles. The number of hydrogen-bond acceptors (Lipinski definition) is 8. The highest BCUT2D eigenvalue weighted by atomic mass is 16.6. The van der Waals surface area contributed by atoms with Crippen LogP contribution in [-0.2, 0) is 28.3 Å². The Morgan fingerprint density at radius 3 is 2.88 bits per heavy atom. The van der Waals surface area contributed by atoms with E-state index in [1.807, 2.05) is 23.1 Å². The van der Waals surface area contributed by atoms with Gasteiger partial charge in [-0.15, -0.1) is 0 Å². The molecule has 0 fully saturated rings. The molecule has 6 rings (SSSR count). The van der Waals surface area contributed by atoms with E-state index in [1.165, 1.54) is 0 Å². The van der Waals surface area contributed by atoms with E-state index >= 15 is 0 Å². The molecule has 0 amide bonds. The number of aliphatic hydroxyl groups excluding tert-OH is 1. The van der Waals surface area contributed by atoms with E-state index in [2.05, 4.69) is 4.99 Å². The first-order valence-corrected chi connectivity index (χ1v) is 10.5. The van der Waals surface area contributed by atoms with E-state index in [1.54, 1.807) is 23.9 Å². The number of cyclic esters (lactones) is 1. The average molecular weight is 432 g/mol. The van der Waals surface area contributed by atoms with Crippen LogP contribution in [0.3, 0.4) is 0 Å². The monoisotopic (exact) mass is 432 g/mol. The van der Waals surface area contributed by atoms with Gasteiger partial charge in [0.1, 0.15) is 6.61 Å². The third-order valence-corrected chi connectivity index (χ3v) is 6.63. The highest BCUT2D eigenvalue weighted by Crippen LogP contribution is 2.46. The number of aromatic nitrogens is 2. The molecule has 0 bridgehead atoms. The molecule has 1 aromatic carbocycles. The molecule has 1 atom stereocenters. The first kappa shape index (κ1) is 19.1. The zero-order chi connectivity index (χ0) is 22.2. The molecule has 3 aliphatic heterocycles. The SMILES string of the molecule is CC[C@@]1(O)C(=O)OCc2c1cc1n(c2=O)Cc2c-1nc1cccc3c1c2N(CCO)C=N3. The number of fused-ring (bicyclic) bond motifs is 5. The molecule has 0 aliphatic carbocycles. The second-order valence-electron chi connectivity index (χ2n) is 8.22. The Morgan fingerprint density at radius 1 is 1.25 bits per heavy atom. The number of nitrogens with zero attached hydrogens (tertiary/aromatic N) is 4. The van der Waals surface area contributed by atoms with Gasteiger partial charge in [-0.2, -0.15) is 0 Å². The van der Waals surface area contributed by atoms with E-state index in [0.29, 0.717) is 23.5 Å². The normalized spacial score (nSPS) is 20.2. The van der Waals surface area contributed by atoms with Gasteiger partial charge in [-0.3, -0.25) is 4.79 Å². The molecule has 0 saturated heterocycles. The molecule has 32 heavy (non-hydrogen) atoms. The Kier molecular flexibility index (Phi) is 3.87. The van der Waals surface area contributed by atoms with E-state index in [0.717, 1.165) is 27.8 Å². The van der Waals surface area contributed by atoms with Gasteiger partial charge in [0.15, 0.2) is 5.60 Å². The number of ether oxygens (including phenoxy) is 1. The lowest BCUT2D eigenvalue weighted by molar-refractivity contribution is -0.172. The predicted octanol–water partition coefficient (Wildman–Crippen LogP) is 1.55. The summed E-state index contributed by atoms with van der Waals surface area (Å²) in [5.41, 5.74) is 2.81. The van der Waals surface area contributed by atoms with Crippen LogP contribution in [0.2, 0.25) is 0 Å². The van der Waals surface area contributed by atoms with Gasteiger partial charge in [0.2, 0.25) is 0 Å². The molecule has 162 valence electrons. The molecule has 2 aromatic heterocycles. The molecule has 3 aromatic rings. The number of hydrogen-bond donors (Lipinski definition) is 2. The highest BCUT2D eigenvalue weighted by molar-refractivity contribution is 6.11. The second-order valence-corrected chi connectivity index (χ2v) is 8.22. The molecule has 9 heteroatoms. The summed E-state index contributed by atoms with van der Waals surface area (Å²) in [7, 11) is 0. The molecule has 0 saturated carbocycles. The quantitative estimate of drug-likeness (QED) is 0.472. The Hall–Kier alpha value is -3.56. The van der Waals surface area contributed by atoms with Crippen LogP contribution in [0.1, 0.15) is 30.0 Å². The third-order valence-electron chi connectivity index (χ3n) is 6.63. The van der Waals surface area contributed by atoms with E-state index < -0.39 is 11.6 Å². The predicted molar refractivity (Wildman–Crippen MR) is 117 cm³/mol. The fraction of sp³-hybridized carbons (Fsp3) is 0.304. The van der Waals surface area contributed by atoms with Crippen LogP contribution in [0.4, 0.5) is 11.4 Å². The van der Waals surface area contributed by atoms with Gasteiger partial charge in [-0.1, -0.05) is 13.0 Å². The van der Waals surface area contributed by atoms with Crippen LogP contribution in [-0.4, -0.2) is 45.2 Å². The zero-order valence-corrected chi connectivity index (χ0v) is 17.3. The first-order chi connectivity index (χ1) is 15.5. The number of esters is 1. The zero-order valence-electron chi connectivity index (χ0n) is 17.3. The lowest BCUT2D eigenvalue weighted by Gasteiger charge is -2.31. The minimum absolute atomic E-state index is 0.0586. The molecule has 3 aliphatic rings. The topological polar surface area (TPSA) is 117 Å². The smallest absolute Gasteiger partial charge is 0.343 e. The van der Waals surface area contributed by atoms with Crippen molar-refractivity contribution >= 4 is 34.6 Å². The van der Waals surface area contributed by atoms with Gasteiger partial charge < -0.3 is 24.4 Å². The maximum Gasteiger partial charge on any atom is 0.343 e. The van der Waals surface area contributed by atoms with Crippen molar-refractivity contribution in [2.24, 2.45) is 4.99 Å². The molecule has 0 radical (unpaired) electrons. The summed E-state index contributed by atoms with van der Waals surface area (Å²) in [6, 6.07) is 7.37. The number of anilines is 1. The second kappa shape index (κ2) is 6.47. The standard InChI is InChI=1S/C23H20N4O5/c1-2-23(31)14-8-17-19-12(9-27(17)21(29)13(14)10-32-22(23)30)20-18-15(4-3-5-16(18)25-19)24-11-26(20)6-7-28/h3-5,8,11,28,31H,2,6-7,9-10H2,1H3/t23-/m0/s1. The third kappa shape index (κ3) is 2.29. The summed E-state index contributed by atoms with van der Waals surface area (Å²) in [5, 5.41) is 21.5. The van der Waals surface area contributed by atoms with Crippen molar-refractivity contribution in [1.29, 1.82) is 0 Å². The maximum absolute atomic E-state index is 13.4. The fourth-order valence-electron chi connectivity index (χ4n) is 4.98. The lowest BCUT2D eigenvalue weighted by Crippen LogP contribution is -2.44. The Morgan fingerprint density at radius 2 is 2.09 bits per heavy atom. The number of β-amino-alcohol motifs (C(OH)–C–C–N with tert-alkyl or cyclic N) is 1.